The minimum absolute atomic E-state index is 0.232. The van der Waals surface area contributed by atoms with Crippen molar-refractivity contribution in [3.63, 3.8) is 0 Å². The first kappa shape index (κ1) is 10.7. The van der Waals surface area contributed by atoms with Crippen LogP contribution in [-0.2, 0) is 16.0 Å². The van der Waals surface area contributed by atoms with Crippen LogP contribution in [0.25, 0.3) is 0 Å². The van der Waals surface area contributed by atoms with Crippen LogP contribution in [0, 0.1) is 0 Å². The lowest BCUT2D eigenvalue weighted by atomic mass is 10.2. The van der Waals surface area contributed by atoms with E-state index in [1.807, 2.05) is 0 Å². The van der Waals surface area contributed by atoms with Gasteiger partial charge in [0.1, 0.15) is 6.04 Å². The fraction of sp³-hybridized carbons (Fsp3) is 0.556. The summed E-state index contributed by atoms with van der Waals surface area (Å²) in [6.45, 7) is 2.20. The standard InChI is InChI=1S/C9H15N3O2/c1-3-14-9(13)8(10-2)4-7-5-11-6-12-7/h5-6,8,10H,3-4H2,1-2H3,(H,11,12)/t8-/m0/s1. The summed E-state index contributed by atoms with van der Waals surface area (Å²) in [4.78, 5) is 18.2. The highest BCUT2D eigenvalue weighted by Crippen LogP contribution is 1.99. The lowest BCUT2D eigenvalue weighted by molar-refractivity contribution is -0.145. The van der Waals surface area contributed by atoms with Gasteiger partial charge in [-0.15, -0.1) is 0 Å². The number of rotatable bonds is 5. The van der Waals surface area contributed by atoms with Crippen molar-refractivity contribution in [3.05, 3.63) is 18.2 Å². The van der Waals surface area contributed by atoms with Crippen molar-refractivity contribution in [1.29, 1.82) is 0 Å². The Morgan fingerprint density at radius 2 is 2.57 bits per heavy atom. The van der Waals surface area contributed by atoms with Gasteiger partial charge in [-0.25, -0.2) is 4.98 Å². The van der Waals surface area contributed by atoms with Gasteiger partial charge < -0.3 is 15.0 Å². The smallest absolute Gasteiger partial charge is 0.323 e. The molecule has 0 aliphatic heterocycles. The molecule has 1 atom stereocenters. The van der Waals surface area contributed by atoms with Gasteiger partial charge in [-0.1, -0.05) is 0 Å². The lowest BCUT2D eigenvalue weighted by Crippen LogP contribution is -2.37. The van der Waals surface area contributed by atoms with Crippen LogP contribution in [0.4, 0.5) is 0 Å². The van der Waals surface area contributed by atoms with Gasteiger partial charge in [-0.3, -0.25) is 4.79 Å². The zero-order chi connectivity index (χ0) is 10.4. The maximum Gasteiger partial charge on any atom is 0.323 e. The van der Waals surface area contributed by atoms with Crippen molar-refractivity contribution in [2.24, 2.45) is 0 Å². The third-order valence-electron chi connectivity index (χ3n) is 1.90. The molecule has 1 rings (SSSR count). The maximum atomic E-state index is 11.4. The highest BCUT2D eigenvalue weighted by atomic mass is 16.5. The molecule has 1 aromatic heterocycles. The number of ether oxygens (including phenoxy) is 1. The number of imidazole rings is 1. The number of aromatic amines is 1. The number of likely N-dealkylation sites (N-methyl/N-ethyl adjacent to an activating group) is 1. The number of nitrogens with one attached hydrogen (secondary N) is 2. The fourth-order valence-electron chi connectivity index (χ4n) is 1.16. The summed E-state index contributed by atoms with van der Waals surface area (Å²) in [5.41, 5.74) is 0.914. The molecule has 1 aromatic rings. The average molecular weight is 197 g/mol. The fourth-order valence-corrected chi connectivity index (χ4v) is 1.16. The Morgan fingerprint density at radius 3 is 3.07 bits per heavy atom. The van der Waals surface area contributed by atoms with Crippen molar-refractivity contribution in [2.75, 3.05) is 13.7 Å². The van der Waals surface area contributed by atoms with E-state index in [1.165, 1.54) is 0 Å². The number of carbonyl (C=O) groups is 1. The first-order valence-corrected chi connectivity index (χ1v) is 4.59. The Labute approximate surface area is 82.9 Å². The van der Waals surface area contributed by atoms with E-state index in [2.05, 4.69) is 15.3 Å². The van der Waals surface area contributed by atoms with Gasteiger partial charge in [0, 0.05) is 18.3 Å². The van der Waals surface area contributed by atoms with Crippen molar-refractivity contribution >= 4 is 5.97 Å². The van der Waals surface area contributed by atoms with Crippen LogP contribution in [0.15, 0.2) is 12.5 Å². The molecular formula is C9H15N3O2. The lowest BCUT2D eigenvalue weighted by Gasteiger charge is -2.13. The van der Waals surface area contributed by atoms with Crippen LogP contribution in [0.2, 0.25) is 0 Å². The summed E-state index contributed by atoms with van der Waals surface area (Å²) in [6.07, 6.45) is 3.85. The van der Waals surface area contributed by atoms with Crippen molar-refractivity contribution in [3.8, 4) is 0 Å². The monoisotopic (exact) mass is 197 g/mol. The first-order valence-electron chi connectivity index (χ1n) is 4.59. The van der Waals surface area contributed by atoms with Crippen LogP contribution in [0.1, 0.15) is 12.6 Å². The first-order chi connectivity index (χ1) is 6.77. The number of esters is 1. The summed E-state index contributed by atoms with van der Waals surface area (Å²) < 4.78 is 4.91. The number of aromatic nitrogens is 2. The van der Waals surface area contributed by atoms with Gasteiger partial charge in [-0.05, 0) is 14.0 Å². The molecule has 0 aliphatic carbocycles. The van der Waals surface area contributed by atoms with Gasteiger partial charge in [0.25, 0.3) is 0 Å². The largest absolute Gasteiger partial charge is 0.465 e. The molecule has 78 valence electrons. The minimum Gasteiger partial charge on any atom is -0.465 e. The van der Waals surface area contributed by atoms with Crippen LogP contribution < -0.4 is 5.32 Å². The third kappa shape index (κ3) is 2.85. The van der Waals surface area contributed by atoms with Gasteiger partial charge in [0.2, 0.25) is 0 Å². The Hall–Kier alpha value is -1.36. The molecule has 0 saturated carbocycles. The molecule has 0 spiro atoms. The zero-order valence-corrected chi connectivity index (χ0v) is 8.41. The van der Waals surface area contributed by atoms with Crippen LogP contribution >= 0.6 is 0 Å². The highest BCUT2D eigenvalue weighted by Gasteiger charge is 2.18. The van der Waals surface area contributed by atoms with Crippen LogP contribution in [-0.4, -0.2) is 35.6 Å². The second-order valence-corrected chi connectivity index (χ2v) is 2.87. The molecule has 0 unspecified atom stereocenters. The van der Waals surface area contributed by atoms with Gasteiger partial charge in [0.15, 0.2) is 0 Å². The van der Waals surface area contributed by atoms with E-state index in [-0.39, 0.29) is 12.0 Å². The quantitative estimate of drug-likeness (QED) is 0.657. The average Bonchev–Trinajstić information content (AvgIpc) is 2.66. The van der Waals surface area contributed by atoms with Crippen LogP contribution in [0.5, 0.6) is 0 Å². The SMILES string of the molecule is CCOC(=O)[C@H](Cc1cnc[nH]1)NC. The van der Waals surface area contributed by atoms with E-state index in [1.54, 1.807) is 26.5 Å². The molecule has 14 heavy (non-hydrogen) atoms. The molecule has 0 bridgehead atoms. The van der Waals surface area contributed by atoms with Gasteiger partial charge in [0.05, 0.1) is 12.9 Å². The summed E-state index contributed by atoms with van der Waals surface area (Å²) in [5, 5.41) is 2.90. The van der Waals surface area contributed by atoms with Crippen molar-refractivity contribution < 1.29 is 9.53 Å². The van der Waals surface area contributed by atoms with Gasteiger partial charge in [-0.2, -0.15) is 0 Å². The normalized spacial score (nSPS) is 12.4. The van der Waals surface area contributed by atoms with E-state index >= 15 is 0 Å². The molecule has 1 heterocycles. The summed E-state index contributed by atoms with van der Waals surface area (Å²) >= 11 is 0. The van der Waals surface area contributed by atoms with E-state index in [9.17, 15) is 4.79 Å². The Morgan fingerprint density at radius 1 is 1.79 bits per heavy atom. The Bertz CT molecular complexity index is 272. The third-order valence-corrected chi connectivity index (χ3v) is 1.90. The van der Waals surface area contributed by atoms with E-state index < -0.39 is 0 Å². The molecule has 0 saturated heterocycles. The zero-order valence-electron chi connectivity index (χ0n) is 8.41. The molecule has 2 N–H and O–H groups in total. The predicted molar refractivity (Wildman–Crippen MR) is 51.8 cm³/mol. The molecule has 0 aromatic carbocycles. The second-order valence-electron chi connectivity index (χ2n) is 2.87. The number of carbonyl (C=O) groups excluding carboxylic acids is 1. The second kappa shape index (κ2) is 5.39. The summed E-state index contributed by atoms with van der Waals surface area (Å²) in [6, 6.07) is -0.310. The minimum atomic E-state index is -0.310. The molecule has 0 fully saturated rings. The number of hydrogen-bond donors (Lipinski definition) is 2. The summed E-state index contributed by atoms with van der Waals surface area (Å²) in [5.74, 6) is -0.232. The van der Waals surface area contributed by atoms with Crippen LogP contribution in [0.3, 0.4) is 0 Å². The topological polar surface area (TPSA) is 67.0 Å². The van der Waals surface area contributed by atoms with E-state index in [0.29, 0.717) is 13.0 Å². The summed E-state index contributed by atoms with van der Waals surface area (Å²) in [7, 11) is 1.73. The number of hydrogen-bond acceptors (Lipinski definition) is 4. The van der Waals surface area contributed by atoms with Crippen molar-refractivity contribution in [1.82, 2.24) is 15.3 Å². The van der Waals surface area contributed by atoms with Gasteiger partial charge >= 0.3 is 5.97 Å². The van der Waals surface area contributed by atoms with E-state index in [4.69, 9.17) is 4.74 Å². The molecule has 5 nitrogen and oxygen atoms in total. The molecular weight excluding hydrogens is 182 g/mol. The maximum absolute atomic E-state index is 11.4. The molecule has 0 radical (unpaired) electrons. The van der Waals surface area contributed by atoms with Crippen molar-refractivity contribution in [2.45, 2.75) is 19.4 Å². The number of H-pyrrole nitrogens is 1. The Kier molecular flexibility index (Phi) is 4.12. The Balaban J connectivity index is 2.50. The molecule has 0 aliphatic rings. The highest BCUT2D eigenvalue weighted by molar-refractivity contribution is 5.76. The molecule has 0 amide bonds. The molecule has 5 heteroatoms. The number of nitrogens with zero attached hydrogens (tertiary/aromatic N) is 1. The predicted octanol–water partition coefficient (Wildman–Crippen LogP) is 0.103. The van der Waals surface area contributed by atoms with E-state index in [0.717, 1.165) is 5.69 Å².